The summed E-state index contributed by atoms with van der Waals surface area (Å²) in [5, 5.41) is 14.0. The fourth-order valence-electron chi connectivity index (χ4n) is 21.2. The largest absolute Gasteiger partial charge is 0.309 e. The van der Waals surface area contributed by atoms with Crippen LogP contribution >= 0.6 is 0 Å². The Labute approximate surface area is 759 Å². The second kappa shape index (κ2) is 29.9. The summed E-state index contributed by atoms with van der Waals surface area (Å²) in [4.78, 5) is 17.6. The second-order valence-corrected chi connectivity index (χ2v) is 34.6. The van der Waals surface area contributed by atoms with Gasteiger partial charge in [0.15, 0.2) is 11.6 Å². The molecule has 0 aliphatic heterocycles. The summed E-state index contributed by atoms with van der Waals surface area (Å²) in [5.41, 5.74) is 33.6. The van der Waals surface area contributed by atoms with E-state index >= 15 is 0 Å². The lowest BCUT2D eigenvalue weighted by Gasteiger charge is -2.15. The van der Waals surface area contributed by atoms with E-state index < -0.39 is 0 Å². The number of rotatable bonds is 14. The summed E-state index contributed by atoms with van der Waals surface area (Å²) in [6.07, 6.45) is 0. The highest BCUT2D eigenvalue weighted by Crippen LogP contribution is 2.47. The Morgan fingerprint density at radius 2 is 0.356 bits per heavy atom. The first-order valence-electron chi connectivity index (χ1n) is 45.1. The first-order valence-corrected chi connectivity index (χ1v) is 45.1. The lowest BCUT2D eigenvalue weighted by atomic mass is 9.94. The molecule has 0 unspecified atom stereocenters. The molecule has 0 aliphatic carbocycles. The summed E-state index contributed by atoms with van der Waals surface area (Å²) in [6, 6.07) is 171. The topological polar surface area (TPSA) is 68.2 Å². The Bertz CT molecular complexity index is 8950. The molecule has 0 fully saturated rings. The van der Waals surface area contributed by atoms with E-state index in [4.69, 9.17) is 15.0 Å². The molecule has 0 bridgehead atoms. The number of nitrogens with zero attached hydrogens (tertiary/aromatic N) is 9. The van der Waals surface area contributed by atoms with Gasteiger partial charge in [0.2, 0.25) is 5.95 Å². The van der Waals surface area contributed by atoms with Gasteiger partial charge in [0.1, 0.15) is 0 Å². The number of benzene rings is 20. The van der Waals surface area contributed by atoms with Crippen molar-refractivity contribution >= 4 is 131 Å². The average Bonchev–Trinajstić information content (AvgIpc) is 1.56. The summed E-state index contributed by atoms with van der Waals surface area (Å²) >= 11 is 0. The maximum absolute atomic E-state index is 5.88. The van der Waals surface area contributed by atoms with Gasteiger partial charge in [-0.15, -0.1) is 0 Å². The third-order valence-corrected chi connectivity index (χ3v) is 27.2. The maximum Gasteiger partial charge on any atom is 0.238 e. The smallest absolute Gasteiger partial charge is 0.238 e. The molecule has 0 amide bonds. The molecule has 0 saturated carbocycles. The highest BCUT2D eigenvalue weighted by Gasteiger charge is 2.27. The predicted octanol–water partition coefficient (Wildman–Crippen LogP) is 31.8. The van der Waals surface area contributed by atoms with Crippen molar-refractivity contribution in [1.29, 1.82) is 0 Å². The maximum atomic E-state index is 5.88. The SMILES string of the molecule is c1ccc(-c2ccc(-c3ccccc3)c(-c3nc(-c4cccc(-n5c6ccc(-c7ccc8c(c7)c7ccccc7n8-c7ccccc7)cc6c6cc(-c7ccc8c(c7)c7ccccc7n8-c7ccccc7)ccc65)c4)nc(-n4c5ccc(-c6ccc7c(c6)c6ccccc6n7-c6ccccc6)cc5c5cc(-c6ccc7c(c6)c6ccccc6n7-c6ccccc6)ccc54)n3)c2)cc1. The van der Waals surface area contributed by atoms with Crippen molar-refractivity contribution in [3.05, 3.63) is 467 Å². The molecule has 7 aromatic heterocycles. The van der Waals surface area contributed by atoms with Gasteiger partial charge in [0.05, 0.1) is 66.2 Å². The van der Waals surface area contributed by atoms with Crippen LogP contribution in [0.1, 0.15) is 0 Å². The van der Waals surface area contributed by atoms with Crippen molar-refractivity contribution in [2.24, 2.45) is 0 Å². The summed E-state index contributed by atoms with van der Waals surface area (Å²) in [5.74, 6) is 1.54. The molecule has 0 saturated heterocycles. The lowest BCUT2D eigenvalue weighted by molar-refractivity contribution is 0.953. The minimum Gasteiger partial charge on any atom is -0.309 e. The summed E-state index contributed by atoms with van der Waals surface area (Å²) in [7, 11) is 0. The van der Waals surface area contributed by atoms with Gasteiger partial charge in [0.25, 0.3) is 0 Å². The summed E-state index contributed by atoms with van der Waals surface area (Å²) < 4.78 is 14.3. The molecular formula is C123H77N9. The van der Waals surface area contributed by atoms with Crippen LogP contribution in [0.5, 0.6) is 0 Å². The van der Waals surface area contributed by atoms with Crippen molar-refractivity contribution in [3.8, 4) is 124 Å². The molecule has 27 aromatic rings. The van der Waals surface area contributed by atoms with Crippen LogP contribution in [0, 0.1) is 0 Å². The summed E-state index contributed by atoms with van der Waals surface area (Å²) in [6.45, 7) is 0. The molecule has 614 valence electrons. The van der Waals surface area contributed by atoms with Crippen LogP contribution in [0.4, 0.5) is 0 Å². The molecule has 9 nitrogen and oxygen atoms in total. The van der Waals surface area contributed by atoms with Gasteiger partial charge in [-0.2, -0.15) is 9.97 Å². The van der Waals surface area contributed by atoms with Gasteiger partial charge < -0.3 is 22.8 Å². The van der Waals surface area contributed by atoms with E-state index in [-0.39, 0.29) is 0 Å². The third-order valence-electron chi connectivity index (χ3n) is 27.2. The van der Waals surface area contributed by atoms with Crippen molar-refractivity contribution in [1.82, 2.24) is 42.4 Å². The molecule has 0 aliphatic rings. The van der Waals surface area contributed by atoms with Crippen molar-refractivity contribution in [2.45, 2.75) is 0 Å². The zero-order valence-electron chi connectivity index (χ0n) is 71.5. The molecule has 9 heteroatoms. The third kappa shape index (κ3) is 11.9. The molecule has 7 heterocycles. The Hall–Kier alpha value is -17.8. The van der Waals surface area contributed by atoms with Gasteiger partial charge in [-0.3, -0.25) is 4.57 Å². The molecule has 0 radical (unpaired) electrons. The number of hydrogen-bond donors (Lipinski definition) is 0. The van der Waals surface area contributed by atoms with Gasteiger partial charge in [-0.25, -0.2) is 4.98 Å². The van der Waals surface area contributed by atoms with Crippen molar-refractivity contribution < 1.29 is 0 Å². The highest BCUT2D eigenvalue weighted by molar-refractivity contribution is 6.18. The van der Waals surface area contributed by atoms with Crippen LogP contribution in [0.3, 0.4) is 0 Å². The van der Waals surface area contributed by atoms with E-state index in [0.29, 0.717) is 17.6 Å². The van der Waals surface area contributed by atoms with Crippen LogP contribution < -0.4 is 0 Å². The van der Waals surface area contributed by atoms with E-state index in [1.165, 1.54) is 54.1 Å². The molecule has 0 atom stereocenters. The second-order valence-electron chi connectivity index (χ2n) is 34.6. The Morgan fingerprint density at radius 1 is 0.121 bits per heavy atom. The van der Waals surface area contributed by atoms with Crippen molar-refractivity contribution in [2.75, 3.05) is 0 Å². The van der Waals surface area contributed by atoms with Gasteiger partial charge >= 0.3 is 0 Å². The first-order chi connectivity index (χ1) is 65.4. The van der Waals surface area contributed by atoms with Crippen LogP contribution in [0.15, 0.2) is 467 Å². The van der Waals surface area contributed by atoms with E-state index in [2.05, 4.69) is 495 Å². The highest BCUT2D eigenvalue weighted by atomic mass is 15.2. The minimum absolute atomic E-state index is 0.484. The van der Waals surface area contributed by atoms with E-state index in [0.717, 1.165) is 183 Å². The Balaban J connectivity index is 0.671. The fourth-order valence-corrected chi connectivity index (χ4v) is 21.2. The predicted molar refractivity (Wildman–Crippen MR) is 549 cm³/mol. The van der Waals surface area contributed by atoms with Gasteiger partial charge in [-0.1, -0.05) is 279 Å². The van der Waals surface area contributed by atoms with Crippen LogP contribution in [-0.4, -0.2) is 42.4 Å². The van der Waals surface area contributed by atoms with Crippen molar-refractivity contribution in [3.63, 3.8) is 0 Å². The number of hydrogen-bond acceptors (Lipinski definition) is 3. The number of aromatic nitrogens is 9. The van der Waals surface area contributed by atoms with E-state index in [1.54, 1.807) is 0 Å². The standard InChI is InChI=1S/C123H77N9/c1-7-28-78(29-8-1)80-50-59-95(79-30-9-2-10-31-79)108(77-80)122-124-121(125-123(126-122)132-119-66-57-87(83-53-62-115-102(71-83)98-44-21-25-48-111(98)129(115)92-37-15-5-16-38-92)75-106(119)107-76-88(58-67-120(107)132)84-54-63-116-103(72-84)99-45-22-26-49-112(99)130(116)93-39-17-6-18-40-93)89-32-27-41-94(68-89)131-117-64-55-85(81-51-60-113-100(69-81)96-42-19-23-46-109(96)127(113)90-33-11-3-12-34-90)73-104(117)105-74-86(56-65-118(105)131)82-52-61-114-101(70-82)97-43-20-24-47-110(97)128(114)91-35-13-4-14-36-91/h1-77H. The molecule has 0 N–H and O–H groups in total. The molecular weight excluding hydrogens is 1600 g/mol. The first kappa shape index (κ1) is 74.5. The van der Waals surface area contributed by atoms with Gasteiger partial charge in [-0.05, 0) is 255 Å². The minimum atomic E-state index is 0.484. The zero-order chi connectivity index (χ0) is 86.6. The van der Waals surface area contributed by atoms with E-state index in [9.17, 15) is 0 Å². The molecule has 20 aromatic carbocycles. The Morgan fingerprint density at radius 3 is 0.689 bits per heavy atom. The fraction of sp³-hybridized carbons (Fsp3) is 0. The number of fused-ring (bicyclic) bond motifs is 18. The lowest BCUT2D eigenvalue weighted by Crippen LogP contribution is -2.07. The van der Waals surface area contributed by atoms with E-state index in [1.807, 2.05) is 0 Å². The Kier molecular flexibility index (Phi) is 16.9. The number of para-hydroxylation sites is 8. The molecule has 132 heavy (non-hydrogen) atoms. The van der Waals surface area contributed by atoms with Crippen LogP contribution in [0.25, 0.3) is 255 Å². The average molecular weight is 1680 g/mol. The molecule has 27 rings (SSSR count). The van der Waals surface area contributed by atoms with Crippen LogP contribution in [-0.2, 0) is 0 Å². The van der Waals surface area contributed by atoms with Crippen LogP contribution in [0.2, 0.25) is 0 Å². The quantitative estimate of drug-likeness (QED) is 0.109. The normalized spacial score (nSPS) is 11.9. The molecule has 0 spiro atoms. The monoisotopic (exact) mass is 1680 g/mol. The zero-order valence-corrected chi connectivity index (χ0v) is 71.5. The van der Waals surface area contributed by atoms with Gasteiger partial charge in [0, 0.05) is 104 Å².